The van der Waals surface area contributed by atoms with E-state index in [1.165, 1.54) is 28.8 Å². The van der Waals surface area contributed by atoms with E-state index < -0.39 is 21.7 Å². The maximum absolute atomic E-state index is 13.5. The number of nitrogens with zero attached hydrogens (tertiary/aromatic N) is 3. The van der Waals surface area contributed by atoms with Crippen molar-refractivity contribution in [2.45, 2.75) is 44.7 Å². The van der Waals surface area contributed by atoms with Crippen molar-refractivity contribution in [2.24, 2.45) is 11.6 Å². The topological polar surface area (TPSA) is 107 Å². The first-order chi connectivity index (χ1) is 19.3. The maximum atomic E-state index is 13.5. The van der Waals surface area contributed by atoms with E-state index in [0.717, 1.165) is 17.3 Å². The molecule has 0 aliphatic rings. The Morgan fingerprint density at radius 3 is 2.29 bits per heavy atom. The zero-order chi connectivity index (χ0) is 30.1. The Hall–Kier alpha value is -4.09. The monoisotopic (exact) mass is 583 g/mol. The summed E-state index contributed by atoms with van der Waals surface area (Å²) in [6, 6.07) is 19.4. The molecule has 3 aromatic carbocycles. The highest BCUT2D eigenvalue weighted by Crippen LogP contribution is 2.37. The summed E-state index contributed by atoms with van der Waals surface area (Å²) in [6.45, 7) is 6.95. The number of hydrogen-bond donors (Lipinski definition) is 2. The lowest BCUT2D eigenvalue weighted by atomic mass is 9.96. The van der Waals surface area contributed by atoms with E-state index in [-0.39, 0.29) is 22.4 Å². The molecule has 1 heterocycles. The molecule has 0 radical (unpaired) electrons. The fourth-order valence-corrected chi connectivity index (χ4v) is 5.51. The second-order valence-corrected chi connectivity index (χ2v) is 12.0. The number of hydrazine groups is 1. The van der Waals surface area contributed by atoms with Crippen LogP contribution in [0.1, 0.15) is 42.4 Å². The van der Waals surface area contributed by atoms with Gasteiger partial charge in [0.2, 0.25) is 0 Å². The molecule has 0 spiro atoms. The van der Waals surface area contributed by atoms with Gasteiger partial charge < -0.3 is 10.3 Å². The van der Waals surface area contributed by atoms with Crippen LogP contribution in [-0.2, 0) is 16.0 Å². The lowest BCUT2D eigenvalue weighted by molar-refractivity contribution is -0.141. The third-order valence-electron chi connectivity index (χ3n) is 7.04. The lowest BCUT2D eigenvalue weighted by Crippen LogP contribution is -2.34. The zero-order valence-electron chi connectivity index (χ0n) is 23.1. The third kappa shape index (κ3) is 6.15. The number of alkyl halides is 3. The van der Waals surface area contributed by atoms with Crippen LogP contribution in [-0.4, -0.2) is 23.7 Å². The molecule has 7 nitrogen and oxygen atoms in total. The lowest BCUT2D eigenvalue weighted by Gasteiger charge is -2.29. The maximum Gasteiger partial charge on any atom is 0.434 e. The molecule has 0 aliphatic carbocycles. The number of sulfone groups is 1. The van der Waals surface area contributed by atoms with E-state index >= 15 is 0 Å². The minimum Gasteiger partial charge on any atom is -0.403 e. The molecule has 0 saturated heterocycles. The van der Waals surface area contributed by atoms with Gasteiger partial charge in [-0.25, -0.2) is 19.2 Å². The predicted molar refractivity (Wildman–Crippen MR) is 155 cm³/mol. The molecule has 4 aromatic rings. The quantitative estimate of drug-likeness (QED) is 0.188. The molecule has 1 unspecified atom stereocenters. The van der Waals surface area contributed by atoms with Crippen LogP contribution >= 0.6 is 0 Å². The summed E-state index contributed by atoms with van der Waals surface area (Å²) in [6.07, 6.45) is -2.34. The second kappa shape index (κ2) is 11.4. The summed E-state index contributed by atoms with van der Waals surface area (Å²) in [7, 11) is -3.47. The van der Waals surface area contributed by atoms with Crippen molar-refractivity contribution in [3.05, 3.63) is 107 Å². The molecule has 1 aromatic heterocycles. The molecule has 4 rings (SSSR count). The van der Waals surface area contributed by atoms with Crippen LogP contribution in [0.15, 0.2) is 89.7 Å². The zero-order valence-corrected chi connectivity index (χ0v) is 24.0. The summed E-state index contributed by atoms with van der Waals surface area (Å²) in [5.41, 5.74) is 9.46. The number of imidazole rings is 1. The van der Waals surface area contributed by atoms with E-state index in [2.05, 4.69) is 4.98 Å². The van der Waals surface area contributed by atoms with Crippen LogP contribution in [0.3, 0.4) is 0 Å². The summed E-state index contributed by atoms with van der Waals surface area (Å²) < 4.78 is 66.9. The highest BCUT2D eigenvalue weighted by atomic mass is 32.2. The van der Waals surface area contributed by atoms with Gasteiger partial charge in [0, 0.05) is 18.3 Å². The van der Waals surface area contributed by atoms with Crippen molar-refractivity contribution in [1.29, 1.82) is 0 Å². The molecular formula is C30H32F3N5O2S. The third-order valence-corrected chi connectivity index (χ3v) is 8.78. The normalized spacial score (nSPS) is 13.3. The van der Waals surface area contributed by atoms with Gasteiger partial charge in [0.05, 0.1) is 27.7 Å². The molecule has 0 saturated carbocycles. The van der Waals surface area contributed by atoms with Crippen molar-refractivity contribution in [1.82, 2.24) is 9.55 Å². The average molecular weight is 584 g/mol. The molecule has 0 fully saturated rings. The molecule has 0 aliphatic heterocycles. The highest BCUT2D eigenvalue weighted by Gasteiger charge is 2.35. The molecule has 1 atom stereocenters. The van der Waals surface area contributed by atoms with Crippen molar-refractivity contribution < 1.29 is 21.6 Å². The van der Waals surface area contributed by atoms with E-state index in [1.54, 1.807) is 43.3 Å². The van der Waals surface area contributed by atoms with Crippen molar-refractivity contribution in [3.63, 3.8) is 0 Å². The molecule has 41 heavy (non-hydrogen) atoms. The van der Waals surface area contributed by atoms with Gasteiger partial charge in [-0.1, -0.05) is 61.9 Å². The van der Waals surface area contributed by atoms with Gasteiger partial charge in [-0.3, -0.25) is 5.01 Å². The molecule has 11 heteroatoms. The van der Waals surface area contributed by atoms with Crippen LogP contribution in [0, 0.1) is 13.8 Å². The molecule has 0 amide bonds. The van der Waals surface area contributed by atoms with Gasteiger partial charge in [0.25, 0.3) is 0 Å². The van der Waals surface area contributed by atoms with Gasteiger partial charge in [0.1, 0.15) is 5.82 Å². The number of aromatic nitrogens is 2. The number of anilines is 1. The van der Waals surface area contributed by atoms with Crippen molar-refractivity contribution in [2.75, 3.05) is 10.8 Å². The Labute approximate surface area is 237 Å². The van der Waals surface area contributed by atoms with Crippen LogP contribution < -0.4 is 16.6 Å². The first-order valence-electron chi connectivity index (χ1n) is 12.9. The molecule has 216 valence electrons. The van der Waals surface area contributed by atoms with Crippen LogP contribution in [0.25, 0.3) is 16.8 Å². The van der Waals surface area contributed by atoms with Gasteiger partial charge in [-0.2, -0.15) is 13.2 Å². The van der Waals surface area contributed by atoms with E-state index in [9.17, 15) is 21.6 Å². The molecular weight excluding hydrogens is 551 g/mol. The Bertz CT molecular complexity index is 1690. The number of nitrogens with two attached hydrogens (primary N) is 2. The molecule has 0 bridgehead atoms. The Morgan fingerprint density at radius 1 is 1.05 bits per heavy atom. The number of halogens is 3. The smallest absolute Gasteiger partial charge is 0.403 e. The van der Waals surface area contributed by atoms with E-state index in [1.807, 2.05) is 38.1 Å². The van der Waals surface area contributed by atoms with Crippen LogP contribution in [0.2, 0.25) is 0 Å². The fourth-order valence-electron chi connectivity index (χ4n) is 4.59. The summed E-state index contributed by atoms with van der Waals surface area (Å²) in [5, 5.41) is 1.35. The second-order valence-electron chi connectivity index (χ2n) is 9.77. The minimum atomic E-state index is -4.63. The van der Waals surface area contributed by atoms with E-state index in [4.69, 9.17) is 11.6 Å². The number of rotatable bonds is 8. The van der Waals surface area contributed by atoms with Crippen LogP contribution in [0.5, 0.6) is 0 Å². The fraction of sp³-hybridized carbons (Fsp3) is 0.233. The van der Waals surface area contributed by atoms with Crippen LogP contribution in [0.4, 0.5) is 18.9 Å². The first kappa shape index (κ1) is 29.9. The SMILES string of the molecule is CCS(=O)(=O)c1cccc(-c2ccc(-n3cc(C(F)(F)F)nc3C)c(N(N)/C(=C\N)C(C)c3ccc(C)cc3)c2)c1. The number of benzene rings is 3. The summed E-state index contributed by atoms with van der Waals surface area (Å²) in [5.74, 6) is 6.49. The average Bonchev–Trinajstić information content (AvgIpc) is 3.35. The Balaban J connectivity index is 1.90. The van der Waals surface area contributed by atoms with Gasteiger partial charge in [-0.05, 0) is 54.8 Å². The van der Waals surface area contributed by atoms with Crippen molar-refractivity contribution >= 4 is 15.5 Å². The largest absolute Gasteiger partial charge is 0.434 e. The van der Waals surface area contributed by atoms with E-state index in [0.29, 0.717) is 28.2 Å². The molecule has 4 N–H and O–H groups in total. The number of allylic oxidation sites excluding steroid dienone is 1. The van der Waals surface area contributed by atoms with Gasteiger partial charge in [0.15, 0.2) is 15.5 Å². The highest BCUT2D eigenvalue weighted by molar-refractivity contribution is 7.91. The summed E-state index contributed by atoms with van der Waals surface area (Å²) in [4.78, 5) is 3.89. The van der Waals surface area contributed by atoms with Gasteiger partial charge in [-0.15, -0.1) is 0 Å². The first-order valence-corrected chi connectivity index (χ1v) is 14.6. The van der Waals surface area contributed by atoms with Gasteiger partial charge >= 0.3 is 6.18 Å². The Kier molecular flexibility index (Phi) is 8.32. The number of hydrogen-bond acceptors (Lipinski definition) is 6. The number of aryl methyl sites for hydroxylation is 2. The standard InChI is InChI=1S/C30H32F3N5O2S/c1-5-41(39,40)25-8-6-7-23(15-25)24-13-14-26(37-18-29(30(31,32)33)36-21(37)4)27(16-24)38(35)28(17-34)20(3)22-11-9-19(2)10-12-22/h6-18,20H,5,34-35H2,1-4H3/b28-17-. The predicted octanol–water partition coefficient (Wildman–Crippen LogP) is 6.25. The minimum absolute atomic E-state index is 0.0553. The summed E-state index contributed by atoms with van der Waals surface area (Å²) >= 11 is 0. The Morgan fingerprint density at radius 2 is 1.71 bits per heavy atom. The van der Waals surface area contributed by atoms with Crippen molar-refractivity contribution in [3.8, 4) is 16.8 Å².